The van der Waals surface area contributed by atoms with Crippen LogP contribution in [-0.4, -0.2) is 19.3 Å². The summed E-state index contributed by atoms with van der Waals surface area (Å²) in [6.07, 6.45) is -0.901. The van der Waals surface area contributed by atoms with Crippen LogP contribution in [0.25, 0.3) is 0 Å². The van der Waals surface area contributed by atoms with Crippen molar-refractivity contribution in [3.05, 3.63) is 71.8 Å². The summed E-state index contributed by atoms with van der Waals surface area (Å²) in [4.78, 5) is 0. The van der Waals surface area contributed by atoms with Gasteiger partial charge in [0.05, 0.1) is 12.1 Å². The molecule has 0 unspecified atom stereocenters. The van der Waals surface area contributed by atoms with Crippen LogP contribution < -0.4 is 5.09 Å². The summed E-state index contributed by atoms with van der Waals surface area (Å²) >= 11 is 0. The van der Waals surface area contributed by atoms with E-state index in [0.29, 0.717) is 5.56 Å². The number of hydrogen-bond donors (Lipinski definition) is 2. The second-order valence-corrected chi connectivity index (χ2v) is 6.72. The van der Waals surface area contributed by atoms with E-state index in [2.05, 4.69) is 5.09 Å². The average molecular weight is 321 g/mol. The number of rotatable bonds is 7. The molecule has 2 rings (SSSR count). The summed E-state index contributed by atoms with van der Waals surface area (Å²) in [5, 5.41) is 13.5. The van der Waals surface area contributed by atoms with Crippen molar-refractivity contribution in [3.8, 4) is 0 Å². The lowest BCUT2D eigenvalue weighted by atomic mass is 9.97. The van der Waals surface area contributed by atoms with E-state index < -0.39 is 19.9 Å². The van der Waals surface area contributed by atoms with E-state index in [-0.39, 0.29) is 0 Å². The molecule has 0 bridgehead atoms. The Labute approximate surface area is 130 Å². The number of hydrogen-bond acceptors (Lipinski definition) is 4. The van der Waals surface area contributed by atoms with Crippen molar-refractivity contribution in [3.63, 3.8) is 0 Å². The molecule has 0 amide bonds. The first-order chi connectivity index (χ1) is 10.6. The Hall–Kier alpha value is -1.49. The highest BCUT2D eigenvalue weighted by molar-refractivity contribution is 7.51. The van der Waals surface area contributed by atoms with E-state index in [4.69, 9.17) is 9.05 Å². The molecule has 0 heterocycles. The molecule has 2 aromatic carbocycles. The Bertz CT molecular complexity index is 613. The lowest BCUT2D eigenvalue weighted by molar-refractivity contribution is 0.131. The highest BCUT2D eigenvalue weighted by atomic mass is 31.2. The minimum absolute atomic E-state index is 0.630. The zero-order valence-electron chi connectivity index (χ0n) is 12.5. The fourth-order valence-electron chi connectivity index (χ4n) is 2.18. The van der Waals surface area contributed by atoms with Gasteiger partial charge in [-0.15, -0.1) is 0 Å². The molecule has 0 aliphatic rings. The predicted molar refractivity (Wildman–Crippen MR) is 85.3 cm³/mol. The van der Waals surface area contributed by atoms with Gasteiger partial charge < -0.3 is 14.2 Å². The van der Waals surface area contributed by atoms with Crippen molar-refractivity contribution in [1.82, 2.24) is 5.09 Å². The maximum absolute atomic E-state index is 12.4. The number of aliphatic hydroxyl groups is 1. The van der Waals surface area contributed by atoms with Crippen LogP contribution in [0.5, 0.6) is 0 Å². The number of aliphatic hydroxyl groups excluding tert-OH is 1. The molecule has 2 N–H and O–H groups in total. The largest absolute Gasteiger partial charge is 0.405 e. The summed E-state index contributed by atoms with van der Waals surface area (Å²) in [6.45, 7) is 0. The van der Waals surface area contributed by atoms with Gasteiger partial charge in [0.25, 0.3) is 0 Å². The number of nitrogens with one attached hydrogen (secondary N) is 1. The molecule has 0 saturated carbocycles. The van der Waals surface area contributed by atoms with Crippen LogP contribution in [0.1, 0.15) is 23.3 Å². The Balaban J connectivity index is 2.36. The summed E-state index contributed by atoms with van der Waals surface area (Å²) in [5.41, 5.74) is 1.50. The third kappa shape index (κ3) is 4.03. The zero-order chi connectivity index (χ0) is 16.0. The van der Waals surface area contributed by atoms with Crippen molar-refractivity contribution in [2.45, 2.75) is 12.1 Å². The Morgan fingerprint density at radius 3 is 1.82 bits per heavy atom. The minimum atomic E-state index is -3.49. The van der Waals surface area contributed by atoms with E-state index >= 15 is 0 Å². The molecule has 0 radical (unpaired) electrons. The van der Waals surface area contributed by atoms with Gasteiger partial charge in [-0.2, -0.15) is 0 Å². The van der Waals surface area contributed by atoms with Gasteiger partial charge in [-0.05, 0) is 11.1 Å². The molecular weight excluding hydrogens is 301 g/mol. The van der Waals surface area contributed by atoms with E-state index in [1.54, 1.807) is 0 Å². The van der Waals surface area contributed by atoms with Crippen LogP contribution in [0, 0.1) is 0 Å². The first-order valence-corrected chi connectivity index (χ1v) is 8.41. The predicted octanol–water partition coefficient (Wildman–Crippen LogP) is 3.45. The molecule has 6 heteroatoms. The van der Waals surface area contributed by atoms with Crippen molar-refractivity contribution < 1.29 is 18.7 Å². The summed E-state index contributed by atoms with van der Waals surface area (Å²) < 4.78 is 22.3. The minimum Gasteiger partial charge on any atom is -0.386 e. The highest BCUT2D eigenvalue weighted by Crippen LogP contribution is 2.46. The Morgan fingerprint density at radius 2 is 1.36 bits per heavy atom. The Kier molecular flexibility index (Phi) is 5.89. The average Bonchev–Trinajstić information content (AvgIpc) is 2.60. The molecular formula is C16H20NO4P. The molecule has 2 aromatic rings. The fraction of sp³-hybridized carbons (Fsp3) is 0.250. The van der Waals surface area contributed by atoms with E-state index in [1.807, 2.05) is 60.7 Å². The molecule has 2 atom stereocenters. The van der Waals surface area contributed by atoms with Crippen LogP contribution >= 0.6 is 7.75 Å². The second kappa shape index (κ2) is 7.68. The fourth-order valence-corrected chi connectivity index (χ4v) is 3.17. The van der Waals surface area contributed by atoms with E-state index in [1.165, 1.54) is 14.2 Å². The van der Waals surface area contributed by atoms with Crippen LogP contribution in [-0.2, 0) is 13.6 Å². The van der Waals surface area contributed by atoms with Crippen LogP contribution in [0.4, 0.5) is 0 Å². The quantitative estimate of drug-likeness (QED) is 0.765. The normalized spacial score (nSPS) is 14.5. The molecule has 118 valence electrons. The summed E-state index contributed by atoms with van der Waals surface area (Å²) in [7, 11) is -0.887. The maximum atomic E-state index is 12.4. The molecule has 0 fully saturated rings. The van der Waals surface area contributed by atoms with E-state index in [0.717, 1.165) is 5.56 Å². The molecule has 0 aliphatic carbocycles. The molecule has 0 aliphatic heterocycles. The molecule has 0 aromatic heterocycles. The number of benzene rings is 2. The van der Waals surface area contributed by atoms with Crippen molar-refractivity contribution in [2.24, 2.45) is 0 Å². The lowest BCUT2D eigenvalue weighted by Gasteiger charge is -2.27. The lowest BCUT2D eigenvalue weighted by Crippen LogP contribution is -2.26. The van der Waals surface area contributed by atoms with Gasteiger partial charge in [-0.1, -0.05) is 60.7 Å². The first kappa shape index (κ1) is 16.9. The molecule has 0 saturated heterocycles. The smallest absolute Gasteiger partial charge is 0.386 e. The SMILES string of the molecule is COP(=O)(N[C@@H](c1ccccc1)[C@H](O)c1ccccc1)OC. The standard InChI is InChI=1S/C16H20NO4P/c1-20-22(19,21-2)17-15(13-9-5-3-6-10-13)16(18)14-11-7-4-8-12-14/h3-12,15-16,18H,1-2H3,(H,17,19)/t15-,16+/m0/s1. The molecule has 5 nitrogen and oxygen atoms in total. The van der Waals surface area contributed by atoms with Gasteiger partial charge in [0.1, 0.15) is 0 Å². The first-order valence-electron chi connectivity index (χ1n) is 6.87. The van der Waals surface area contributed by atoms with Gasteiger partial charge in [-0.25, -0.2) is 9.65 Å². The van der Waals surface area contributed by atoms with Crippen molar-refractivity contribution in [2.75, 3.05) is 14.2 Å². The summed E-state index contributed by atoms with van der Waals surface area (Å²) in [6, 6.07) is 17.8. The van der Waals surface area contributed by atoms with E-state index in [9.17, 15) is 9.67 Å². The van der Waals surface area contributed by atoms with Gasteiger partial charge in [0.2, 0.25) is 0 Å². The molecule has 0 spiro atoms. The summed E-state index contributed by atoms with van der Waals surface area (Å²) in [5.74, 6) is 0. The Morgan fingerprint density at radius 1 is 0.909 bits per heavy atom. The van der Waals surface area contributed by atoms with Gasteiger partial charge in [-0.3, -0.25) is 0 Å². The third-order valence-corrected chi connectivity index (χ3v) is 4.95. The van der Waals surface area contributed by atoms with Gasteiger partial charge >= 0.3 is 7.75 Å². The maximum Gasteiger partial charge on any atom is 0.405 e. The van der Waals surface area contributed by atoms with Crippen LogP contribution in [0.15, 0.2) is 60.7 Å². The van der Waals surface area contributed by atoms with Crippen molar-refractivity contribution in [1.29, 1.82) is 0 Å². The van der Waals surface area contributed by atoms with Crippen molar-refractivity contribution >= 4 is 7.75 Å². The van der Waals surface area contributed by atoms with Crippen LogP contribution in [0.2, 0.25) is 0 Å². The van der Waals surface area contributed by atoms with Gasteiger partial charge in [0, 0.05) is 14.2 Å². The monoisotopic (exact) mass is 321 g/mol. The van der Waals surface area contributed by atoms with Crippen LogP contribution in [0.3, 0.4) is 0 Å². The zero-order valence-corrected chi connectivity index (χ0v) is 13.4. The molecule has 22 heavy (non-hydrogen) atoms. The second-order valence-electron chi connectivity index (χ2n) is 4.74. The van der Waals surface area contributed by atoms with Gasteiger partial charge in [0.15, 0.2) is 0 Å². The highest BCUT2D eigenvalue weighted by Gasteiger charge is 2.31. The topological polar surface area (TPSA) is 67.8 Å². The third-order valence-electron chi connectivity index (χ3n) is 3.39.